The maximum Gasteiger partial charge on any atom is 0.266 e. The van der Waals surface area contributed by atoms with Crippen molar-refractivity contribution in [2.24, 2.45) is 0 Å². The molecule has 0 radical (unpaired) electrons. The summed E-state index contributed by atoms with van der Waals surface area (Å²) in [4.78, 5) is 33.6. The van der Waals surface area contributed by atoms with E-state index in [2.05, 4.69) is 11.4 Å². The van der Waals surface area contributed by atoms with Crippen LogP contribution in [-0.2, 0) is 13.0 Å². The minimum atomic E-state index is -0.153. The van der Waals surface area contributed by atoms with Crippen LogP contribution in [0.2, 0.25) is 0 Å². The number of anilines is 1. The van der Waals surface area contributed by atoms with Gasteiger partial charge in [-0.2, -0.15) is 0 Å². The average Bonchev–Trinajstić information content (AvgIpc) is 3.31. The Morgan fingerprint density at radius 2 is 1.97 bits per heavy atom. The highest BCUT2D eigenvalue weighted by Crippen LogP contribution is 2.38. The second kappa shape index (κ2) is 8.79. The van der Waals surface area contributed by atoms with Gasteiger partial charge in [-0.3, -0.25) is 14.2 Å². The van der Waals surface area contributed by atoms with Gasteiger partial charge < -0.3 is 5.32 Å². The lowest BCUT2D eigenvalue weighted by molar-refractivity contribution is 0.103. The van der Waals surface area contributed by atoms with Gasteiger partial charge in [-0.1, -0.05) is 31.4 Å². The van der Waals surface area contributed by atoms with Crippen LogP contribution in [0.5, 0.6) is 0 Å². The van der Waals surface area contributed by atoms with Crippen LogP contribution in [0.15, 0.2) is 34.0 Å². The van der Waals surface area contributed by atoms with Gasteiger partial charge in [0.25, 0.3) is 11.5 Å². The molecule has 1 fully saturated rings. The quantitative estimate of drug-likeness (QED) is 0.544. The summed E-state index contributed by atoms with van der Waals surface area (Å²) >= 11 is 3.21. The van der Waals surface area contributed by atoms with Crippen LogP contribution in [0.1, 0.15) is 66.0 Å². The van der Waals surface area contributed by atoms with E-state index >= 15 is 0 Å². The zero-order valence-electron chi connectivity index (χ0n) is 17.8. The van der Waals surface area contributed by atoms with Gasteiger partial charge in [-0.15, -0.1) is 23.1 Å². The van der Waals surface area contributed by atoms with Gasteiger partial charge in [0.2, 0.25) is 0 Å². The molecule has 0 atom stereocenters. The molecule has 0 unspecified atom stereocenters. The van der Waals surface area contributed by atoms with E-state index in [1.807, 2.05) is 41.5 Å². The fourth-order valence-corrected chi connectivity index (χ4v) is 7.08. The van der Waals surface area contributed by atoms with E-state index in [9.17, 15) is 9.59 Å². The monoisotopic (exact) mass is 453 g/mol. The van der Waals surface area contributed by atoms with Crippen molar-refractivity contribution in [3.05, 3.63) is 50.9 Å². The number of hydrogen-bond donors (Lipinski definition) is 1. The van der Waals surface area contributed by atoms with Gasteiger partial charge in [-0.05, 0) is 50.3 Å². The summed E-state index contributed by atoms with van der Waals surface area (Å²) in [6.07, 6.45) is 9.08. The van der Waals surface area contributed by atoms with Crippen LogP contribution in [-0.4, -0.2) is 20.7 Å². The number of para-hydroxylation sites is 1. The number of aromatic nitrogens is 2. The third kappa shape index (κ3) is 4.05. The second-order valence-corrected chi connectivity index (χ2v) is 10.8. The Kier molecular flexibility index (Phi) is 5.89. The van der Waals surface area contributed by atoms with Gasteiger partial charge in [0, 0.05) is 23.1 Å². The second-order valence-electron chi connectivity index (χ2n) is 8.51. The largest absolute Gasteiger partial charge is 0.320 e. The molecule has 5 nitrogen and oxygen atoms in total. The normalized spacial score (nSPS) is 16.9. The number of thiophene rings is 1. The van der Waals surface area contributed by atoms with Crippen LogP contribution in [0, 0.1) is 6.92 Å². The SMILES string of the molecule is Cc1c(C(=O)Nc2ccccc2SC2CCCC2)sc2nc3n(c(=O)c12)CCCCC3. The highest BCUT2D eigenvalue weighted by molar-refractivity contribution is 8.00. The van der Waals surface area contributed by atoms with Crippen molar-refractivity contribution < 1.29 is 4.79 Å². The minimum Gasteiger partial charge on any atom is -0.320 e. The number of rotatable bonds is 4. The van der Waals surface area contributed by atoms with Crippen LogP contribution < -0.4 is 10.9 Å². The van der Waals surface area contributed by atoms with Crippen LogP contribution in [0.3, 0.4) is 0 Å². The molecule has 1 amide bonds. The lowest BCUT2D eigenvalue weighted by atomic mass is 10.2. The number of amides is 1. The van der Waals surface area contributed by atoms with E-state index in [0.717, 1.165) is 54.2 Å². The Morgan fingerprint density at radius 3 is 2.81 bits per heavy atom. The molecule has 0 spiro atoms. The van der Waals surface area contributed by atoms with Crippen molar-refractivity contribution in [2.45, 2.75) is 75.0 Å². The smallest absolute Gasteiger partial charge is 0.266 e. The van der Waals surface area contributed by atoms with Crippen molar-refractivity contribution in [3.63, 3.8) is 0 Å². The summed E-state index contributed by atoms with van der Waals surface area (Å²) < 4.78 is 1.82. The number of nitrogens with zero attached hydrogens (tertiary/aromatic N) is 2. The molecule has 3 aromatic rings. The van der Waals surface area contributed by atoms with E-state index in [1.54, 1.807) is 0 Å². The molecule has 1 N–H and O–H groups in total. The van der Waals surface area contributed by atoms with E-state index in [4.69, 9.17) is 4.98 Å². The zero-order chi connectivity index (χ0) is 21.4. The third-order valence-electron chi connectivity index (χ3n) is 6.35. The van der Waals surface area contributed by atoms with Crippen LogP contribution in [0.4, 0.5) is 5.69 Å². The van der Waals surface area contributed by atoms with E-state index < -0.39 is 0 Å². The number of hydrogen-bond acceptors (Lipinski definition) is 5. The van der Waals surface area contributed by atoms with Gasteiger partial charge >= 0.3 is 0 Å². The number of fused-ring (bicyclic) bond motifs is 2. The molecule has 3 heterocycles. The summed E-state index contributed by atoms with van der Waals surface area (Å²) in [7, 11) is 0. The average molecular weight is 454 g/mol. The molecule has 1 aliphatic carbocycles. The van der Waals surface area contributed by atoms with Crippen molar-refractivity contribution in [3.8, 4) is 0 Å². The molecule has 162 valence electrons. The topological polar surface area (TPSA) is 64.0 Å². The first-order valence-corrected chi connectivity index (χ1v) is 12.9. The Hall–Kier alpha value is -2.12. The van der Waals surface area contributed by atoms with Crippen molar-refractivity contribution in [1.29, 1.82) is 0 Å². The van der Waals surface area contributed by atoms with Gasteiger partial charge in [0.1, 0.15) is 10.7 Å². The van der Waals surface area contributed by atoms with Crippen LogP contribution in [0.25, 0.3) is 10.2 Å². The molecule has 1 saturated carbocycles. The van der Waals surface area contributed by atoms with E-state index in [0.29, 0.717) is 20.3 Å². The maximum absolute atomic E-state index is 13.2. The summed E-state index contributed by atoms with van der Waals surface area (Å²) in [5.74, 6) is 0.709. The molecule has 2 aromatic heterocycles. The fourth-order valence-electron chi connectivity index (χ4n) is 4.66. The molecule has 2 aliphatic rings. The molecule has 5 rings (SSSR count). The predicted molar refractivity (Wildman–Crippen MR) is 129 cm³/mol. The molecular formula is C24H27N3O2S2. The number of thioether (sulfide) groups is 1. The van der Waals surface area contributed by atoms with Crippen molar-refractivity contribution in [2.75, 3.05) is 5.32 Å². The summed E-state index contributed by atoms with van der Waals surface area (Å²) in [6, 6.07) is 8.03. The summed E-state index contributed by atoms with van der Waals surface area (Å²) in [5, 5.41) is 4.35. The molecular weight excluding hydrogens is 426 g/mol. The first kappa shape index (κ1) is 20.8. The molecule has 0 saturated heterocycles. The lowest BCUT2D eigenvalue weighted by Gasteiger charge is -2.14. The maximum atomic E-state index is 13.2. The van der Waals surface area contributed by atoms with Gasteiger partial charge in [-0.25, -0.2) is 4.98 Å². The van der Waals surface area contributed by atoms with Crippen LogP contribution >= 0.6 is 23.1 Å². The summed E-state index contributed by atoms with van der Waals surface area (Å²) in [6.45, 7) is 2.60. The van der Waals surface area contributed by atoms with Gasteiger partial charge in [0.15, 0.2) is 0 Å². The minimum absolute atomic E-state index is 0.00638. The van der Waals surface area contributed by atoms with Crippen molar-refractivity contribution >= 4 is 44.9 Å². The van der Waals surface area contributed by atoms with Gasteiger partial charge in [0.05, 0.1) is 16.0 Å². The standard InChI is InChI=1S/C24H27N3O2S2/c1-15-20-23(26-19-13-3-2-8-14-27(19)24(20)29)31-21(15)22(28)25-17-11-6-7-12-18(17)30-16-9-4-5-10-16/h6-7,11-12,16H,2-5,8-10,13-14H2,1H3,(H,25,28). The highest BCUT2D eigenvalue weighted by Gasteiger charge is 2.23. The number of aryl methyl sites for hydroxylation is 2. The number of benzene rings is 1. The number of nitrogens with one attached hydrogen (secondary N) is 1. The highest BCUT2D eigenvalue weighted by atomic mass is 32.2. The number of carbonyl (C=O) groups excluding carboxylic acids is 1. The molecule has 1 aromatic carbocycles. The Balaban J connectivity index is 1.46. The van der Waals surface area contributed by atoms with E-state index in [-0.39, 0.29) is 11.5 Å². The van der Waals surface area contributed by atoms with Crippen molar-refractivity contribution in [1.82, 2.24) is 9.55 Å². The molecule has 1 aliphatic heterocycles. The number of carbonyl (C=O) groups is 1. The Morgan fingerprint density at radius 1 is 1.16 bits per heavy atom. The third-order valence-corrected chi connectivity index (χ3v) is 8.95. The fraction of sp³-hybridized carbons (Fsp3) is 0.458. The summed E-state index contributed by atoms with van der Waals surface area (Å²) in [5.41, 5.74) is 1.60. The molecule has 0 bridgehead atoms. The Bertz CT molecular complexity index is 1190. The zero-order valence-corrected chi connectivity index (χ0v) is 19.4. The molecule has 31 heavy (non-hydrogen) atoms. The first-order valence-electron chi connectivity index (χ1n) is 11.2. The first-order chi connectivity index (χ1) is 15.1. The predicted octanol–water partition coefficient (Wildman–Crippen LogP) is 5.78. The lowest BCUT2D eigenvalue weighted by Crippen LogP contribution is -2.24. The Labute approximate surface area is 190 Å². The van der Waals surface area contributed by atoms with E-state index in [1.165, 1.54) is 37.0 Å². The molecule has 7 heteroatoms.